The quantitative estimate of drug-likeness (QED) is 0.339. The van der Waals surface area contributed by atoms with Gasteiger partial charge in [0.05, 0.1) is 12.0 Å². The number of esters is 1. The third-order valence-corrected chi connectivity index (χ3v) is 1.85. The van der Waals surface area contributed by atoms with Gasteiger partial charge in [-0.15, -0.1) is 0 Å². The number of nitro groups is 1. The molecule has 1 rings (SSSR count). The number of methoxy groups -OCH3 is 1. The minimum absolute atomic E-state index is 0.0705. The number of hydrogen-bond acceptors (Lipinski definition) is 4. The van der Waals surface area contributed by atoms with Gasteiger partial charge in [-0.25, -0.2) is 0 Å². The molecule has 0 aliphatic rings. The molecule has 0 aliphatic heterocycles. The van der Waals surface area contributed by atoms with Crippen LogP contribution in [-0.2, 0) is 9.53 Å². The molecule has 0 saturated carbocycles. The van der Waals surface area contributed by atoms with Crippen molar-refractivity contribution < 1.29 is 18.8 Å². The van der Waals surface area contributed by atoms with Crippen LogP contribution in [0, 0.1) is 27.8 Å². The molecular weight excluding hydrogens is 229 g/mol. The van der Waals surface area contributed by atoms with Crippen LogP contribution in [0.2, 0.25) is 0 Å². The van der Waals surface area contributed by atoms with Gasteiger partial charge in [-0.2, -0.15) is 4.39 Å². The Balaban J connectivity index is 3.02. The van der Waals surface area contributed by atoms with E-state index in [1.807, 2.05) is 0 Å². The molecule has 0 bridgehead atoms. The Morgan fingerprint density at radius 2 is 2.29 bits per heavy atom. The summed E-state index contributed by atoms with van der Waals surface area (Å²) < 4.78 is 17.5. The molecule has 6 heteroatoms. The molecule has 0 N–H and O–H groups in total. The number of rotatable bonds is 2. The zero-order valence-electron chi connectivity index (χ0n) is 8.90. The fourth-order valence-corrected chi connectivity index (χ4v) is 1.09. The monoisotopic (exact) mass is 237 g/mol. The van der Waals surface area contributed by atoms with Gasteiger partial charge in [0.15, 0.2) is 0 Å². The van der Waals surface area contributed by atoms with Gasteiger partial charge < -0.3 is 4.74 Å². The zero-order chi connectivity index (χ0) is 12.8. The number of hydrogen-bond donors (Lipinski definition) is 0. The lowest BCUT2D eigenvalue weighted by molar-refractivity contribution is -0.387. The van der Waals surface area contributed by atoms with Crippen LogP contribution < -0.4 is 0 Å². The smallest absolute Gasteiger partial charge is 0.320 e. The maximum absolute atomic E-state index is 13.2. The van der Waals surface area contributed by atoms with E-state index in [-0.39, 0.29) is 12.0 Å². The molecular formula is C11H8FNO4. The Morgan fingerprint density at radius 1 is 1.59 bits per heavy atom. The molecule has 0 heterocycles. The van der Waals surface area contributed by atoms with Crippen LogP contribution in [0.1, 0.15) is 12.0 Å². The highest BCUT2D eigenvalue weighted by Gasteiger charge is 2.18. The fourth-order valence-electron chi connectivity index (χ4n) is 1.09. The van der Waals surface area contributed by atoms with Crippen molar-refractivity contribution >= 4 is 11.7 Å². The van der Waals surface area contributed by atoms with E-state index in [0.29, 0.717) is 0 Å². The summed E-state index contributed by atoms with van der Waals surface area (Å²) in [7, 11) is 1.20. The van der Waals surface area contributed by atoms with Crippen molar-refractivity contribution in [1.82, 2.24) is 0 Å². The molecule has 0 fully saturated rings. The molecule has 5 nitrogen and oxygen atoms in total. The van der Waals surface area contributed by atoms with Gasteiger partial charge in [-0.05, 0) is 12.1 Å². The van der Waals surface area contributed by atoms with Crippen LogP contribution in [0.5, 0.6) is 0 Å². The van der Waals surface area contributed by atoms with Gasteiger partial charge in [0.1, 0.15) is 12.0 Å². The Morgan fingerprint density at radius 3 is 2.88 bits per heavy atom. The Labute approximate surface area is 96.3 Å². The molecule has 1 aromatic rings. The molecule has 0 radical (unpaired) electrons. The Kier molecular flexibility index (Phi) is 4.17. The number of ether oxygens (including phenoxy) is 1. The molecule has 0 aromatic heterocycles. The number of halogens is 1. The number of nitro benzene ring substituents is 1. The highest BCUT2D eigenvalue weighted by atomic mass is 19.1. The zero-order valence-corrected chi connectivity index (χ0v) is 8.90. The van der Waals surface area contributed by atoms with Gasteiger partial charge >= 0.3 is 11.7 Å². The van der Waals surface area contributed by atoms with E-state index < -0.39 is 22.4 Å². The van der Waals surface area contributed by atoms with Gasteiger partial charge in [-0.3, -0.25) is 14.9 Å². The van der Waals surface area contributed by atoms with E-state index in [1.165, 1.54) is 19.2 Å². The lowest BCUT2D eigenvalue weighted by Gasteiger charge is -1.96. The van der Waals surface area contributed by atoms with E-state index in [9.17, 15) is 19.3 Å². The lowest BCUT2D eigenvalue weighted by atomic mass is 10.1. The molecule has 0 atom stereocenters. The maximum atomic E-state index is 13.2. The van der Waals surface area contributed by atoms with E-state index in [4.69, 9.17) is 0 Å². The lowest BCUT2D eigenvalue weighted by Crippen LogP contribution is -1.98. The number of carbonyl (C=O) groups is 1. The van der Waals surface area contributed by atoms with Crippen molar-refractivity contribution in [3.8, 4) is 11.8 Å². The predicted molar refractivity (Wildman–Crippen MR) is 56.6 cm³/mol. The first-order valence-electron chi connectivity index (χ1n) is 4.55. The summed E-state index contributed by atoms with van der Waals surface area (Å²) >= 11 is 0. The first-order valence-corrected chi connectivity index (χ1v) is 4.55. The van der Waals surface area contributed by atoms with Crippen molar-refractivity contribution in [2.75, 3.05) is 7.11 Å². The summed E-state index contributed by atoms with van der Waals surface area (Å²) in [4.78, 5) is 20.5. The standard InChI is InChI=1S/C11H8FNO4/c1-17-10(14)7-3-5-8-4-2-6-9(12)11(8)13(15)16/h2,4,6H,7H2,1H3. The number of carbonyl (C=O) groups excluding carboxylic acids is 1. The Bertz CT molecular complexity index is 516. The second-order valence-electron chi connectivity index (χ2n) is 2.95. The van der Waals surface area contributed by atoms with E-state index in [0.717, 1.165) is 6.07 Å². The number of benzene rings is 1. The van der Waals surface area contributed by atoms with Gasteiger partial charge in [0.25, 0.3) is 0 Å². The van der Waals surface area contributed by atoms with Crippen LogP contribution in [0.15, 0.2) is 18.2 Å². The number of nitrogens with zero attached hydrogens (tertiary/aromatic N) is 1. The largest absolute Gasteiger partial charge is 0.468 e. The highest BCUT2D eigenvalue weighted by Crippen LogP contribution is 2.21. The normalized spacial score (nSPS) is 9.06. The third kappa shape index (κ3) is 3.28. The van der Waals surface area contributed by atoms with E-state index in [1.54, 1.807) is 0 Å². The Hall–Kier alpha value is -2.42. The summed E-state index contributed by atoms with van der Waals surface area (Å²) in [5.74, 6) is 3.23. The third-order valence-electron chi connectivity index (χ3n) is 1.85. The second kappa shape index (κ2) is 5.61. The van der Waals surface area contributed by atoms with Gasteiger partial charge in [0.2, 0.25) is 5.82 Å². The SMILES string of the molecule is COC(=O)CC#Cc1cccc(F)c1[N+](=O)[O-]. The van der Waals surface area contributed by atoms with Gasteiger partial charge in [0, 0.05) is 0 Å². The van der Waals surface area contributed by atoms with E-state index in [2.05, 4.69) is 16.6 Å². The van der Waals surface area contributed by atoms with Crippen LogP contribution in [0.4, 0.5) is 10.1 Å². The van der Waals surface area contributed by atoms with Crippen molar-refractivity contribution in [3.63, 3.8) is 0 Å². The average molecular weight is 237 g/mol. The van der Waals surface area contributed by atoms with Crippen molar-refractivity contribution in [3.05, 3.63) is 39.7 Å². The van der Waals surface area contributed by atoms with E-state index >= 15 is 0 Å². The van der Waals surface area contributed by atoms with Crippen LogP contribution >= 0.6 is 0 Å². The minimum Gasteiger partial charge on any atom is -0.468 e. The van der Waals surface area contributed by atoms with Crippen LogP contribution in [0.25, 0.3) is 0 Å². The van der Waals surface area contributed by atoms with Crippen molar-refractivity contribution in [1.29, 1.82) is 0 Å². The molecule has 0 saturated heterocycles. The molecule has 88 valence electrons. The summed E-state index contributed by atoms with van der Waals surface area (Å²) in [6, 6.07) is 3.60. The summed E-state index contributed by atoms with van der Waals surface area (Å²) in [5.41, 5.74) is -0.760. The van der Waals surface area contributed by atoms with Crippen molar-refractivity contribution in [2.45, 2.75) is 6.42 Å². The van der Waals surface area contributed by atoms with Crippen LogP contribution in [-0.4, -0.2) is 18.0 Å². The summed E-state index contributed by atoms with van der Waals surface area (Å²) in [5, 5.41) is 10.6. The fraction of sp³-hybridized carbons (Fsp3) is 0.182. The molecule has 17 heavy (non-hydrogen) atoms. The van der Waals surface area contributed by atoms with Gasteiger partial charge in [-0.1, -0.05) is 17.9 Å². The first-order chi connectivity index (χ1) is 8.06. The highest BCUT2D eigenvalue weighted by molar-refractivity contribution is 5.72. The summed E-state index contributed by atoms with van der Waals surface area (Å²) in [6.07, 6.45) is -0.204. The van der Waals surface area contributed by atoms with Crippen molar-refractivity contribution in [2.24, 2.45) is 0 Å². The summed E-state index contributed by atoms with van der Waals surface area (Å²) in [6.45, 7) is 0. The number of para-hydroxylation sites is 1. The average Bonchev–Trinajstić information content (AvgIpc) is 2.28. The molecule has 1 aromatic carbocycles. The topological polar surface area (TPSA) is 69.4 Å². The van der Waals surface area contributed by atoms with Crippen LogP contribution in [0.3, 0.4) is 0 Å². The second-order valence-corrected chi connectivity index (χ2v) is 2.95. The molecule has 0 unspecified atom stereocenters. The molecule has 0 aliphatic carbocycles. The molecule has 0 spiro atoms. The minimum atomic E-state index is -0.958. The predicted octanol–water partition coefficient (Wildman–Crippen LogP) is 1.65. The maximum Gasteiger partial charge on any atom is 0.320 e. The first kappa shape index (κ1) is 12.6. The molecule has 0 amide bonds.